The molecule has 1 N–H and O–H groups in total. The van der Waals surface area contributed by atoms with Gasteiger partial charge in [-0.25, -0.2) is 4.18 Å². The zero-order valence-electron chi connectivity index (χ0n) is 10.0. The van der Waals surface area contributed by atoms with Gasteiger partial charge in [-0.15, -0.1) is 0 Å². The Bertz CT molecular complexity index is 565. The molecule has 0 radical (unpaired) electrons. The summed E-state index contributed by atoms with van der Waals surface area (Å²) in [4.78, 5) is 4.40. The molecule has 0 bridgehead atoms. The first-order chi connectivity index (χ1) is 8.46. The van der Waals surface area contributed by atoms with Gasteiger partial charge in [0.15, 0.2) is 0 Å². The summed E-state index contributed by atoms with van der Waals surface area (Å²) < 4.78 is 34.4. The van der Waals surface area contributed by atoms with Gasteiger partial charge in [0, 0.05) is 18.7 Å². The Labute approximate surface area is 106 Å². The fraction of sp³-hybridized carbons (Fsp3) is 0.417. The van der Waals surface area contributed by atoms with Crippen LogP contribution in [0.5, 0.6) is 0 Å². The second-order valence-corrected chi connectivity index (χ2v) is 5.32. The van der Waals surface area contributed by atoms with Crippen LogP contribution in [0.25, 0.3) is 0 Å². The lowest BCUT2D eigenvalue weighted by Crippen LogP contribution is -2.21. The fourth-order valence-corrected chi connectivity index (χ4v) is 2.59. The Morgan fingerprint density at radius 1 is 1.44 bits per heavy atom. The predicted molar refractivity (Wildman–Crippen MR) is 68.3 cm³/mol. The van der Waals surface area contributed by atoms with Crippen LogP contribution in [0.4, 0.5) is 0 Å². The molecule has 5 nitrogen and oxygen atoms in total. The summed E-state index contributed by atoms with van der Waals surface area (Å²) in [6, 6.07) is 7.90. The topological polar surface area (TPSA) is 76.0 Å². The summed E-state index contributed by atoms with van der Waals surface area (Å²) in [5.74, 6) is 0. The van der Waals surface area contributed by atoms with Gasteiger partial charge in [-0.2, -0.15) is 8.42 Å². The number of benzene rings is 1. The van der Waals surface area contributed by atoms with Crippen LogP contribution in [0.1, 0.15) is 24.5 Å². The Balaban J connectivity index is 2.13. The average molecular weight is 269 g/mol. The van der Waals surface area contributed by atoms with Crippen molar-refractivity contribution in [1.82, 2.24) is 0 Å². The van der Waals surface area contributed by atoms with E-state index in [2.05, 4.69) is 9.18 Å². The van der Waals surface area contributed by atoms with Gasteiger partial charge in [-0.1, -0.05) is 24.3 Å². The lowest BCUT2D eigenvalue weighted by atomic mass is 9.95. The van der Waals surface area contributed by atoms with Gasteiger partial charge in [0.2, 0.25) is 0 Å². The lowest BCUT2D eigenvalue weighted by molar-refractivity contribution is 0.204. The van der Waals surface area contributed by atoms with Crippen molar-refractivity contribution in [3.05, 3.63) is 35.4 Å². The van der Waals surface area contributed by atoms with E-state index in [0.717, 1.165) is 17.7 Å². The van der Waals surface area contributed by atoms with Crippen molar-refractivity contribution in [2.24, 2.45) is 4.99 Å². The van der Waals surface area contributed by atoms with Gasteiger partial charge >= 0.3 is 10.4 Å². The number of hydrogen-bond acceptors (Lipinski definition) is 4. The van der Waals surface area contributed by atoms with Crippen molar-refractivity contribution in [1.29, 1.82) is 0 Å². The number of hydrogen-bond donors (Lipinski definition) is 1. The fourth-order valence-electron chi connectivity index (χ4n) is 2.10. The molecule has 0 aromatic heterocycles. The summed E-state index contributed by atoms with van der Waals surface area (Å²) in [5, 5.41) is 0. The van der Waals surface area contributed by atoms with E-state index in [1.54, 1.807) is 6.92 Å². The zero-order chi connectivity index (χ0) is 13.2. The van der Waals surface area contributed by atoms with Crippen molar-refractivity contribution in [2.75, 3.05) is 6.54 Å². The Kier molecular flexibility index (Phi) is 3.79. The largest absolute Gasteiger partial charge is 0.397 e. The molecule has 1 unspecified atom stereocenters. The first-order valence-electron chi connectivity index (χ1n) is 5.73. The second-order valence-electron chi connectivity index (χ2n) is 4.27. The maximum Gasteiger partial charge on any atom is 0.397 e. The number of rotatable bonds is 4. The highest BCUT2D eigenvalue weighted by Crippen LogP contribution is 2.19. The lowest BCUT2D eigenvalue weighted by Gasteiger charge is -2.19. The van der Waals surface area contributed by atoms with Gasteiger partial charge in [0.05, 0.1) is 6.10 Å². The third-order valence-electron chi connectivity index (χ3n) is 2.78. The minimum absolute atomic E-state index is 0.358. The van der Waals surface area contributed by atoms with Crippen LogP contribution in [0.3, 0.4) is 0 Å². The van der Waals surface area contributed by atoms with Gasteiger partial charge in [-0.3, -0.25) is 9.55 Å². The summed E-state index contributed by atoms with van der Waals surface area (Å²) in [5.41, 5.74) is 3.07. The highest BCUT2D eigenvalue weighted by atomic mass is 32.3. The van der Waals surface area contributed by atoms with Gasteiger partial charge in [0.1, 0.15) is 0 Å². The summed E-state index contributed by atoms with van der Waals surface area (Å²) in [6.45, 7) is 2.29. The molecule has 6 heteroatoms. The summed E-state index contributed by atoms with van der Waals surface area (Å²) in [6.07, 6.45) is 0.620. The average Bonchev–Trinajstić information content (AvgIpc) is 2.27. The minimum Gasteiger partial charge on any atom is -0.289 e. The minimum atomic E-state index is -4.41. The molecule has 2 rings (SSSR count). The maximum absolute atomic E-state index is 10.6. The molecule has 1 aromatic carbocycles. The molecule has 0 fully saturated rings. The molecular weight excluding hydrogens is 254 g/mol. The third kappa shape index (κ3) is 3.38. The number of fused-ring (bicyclic) bond motifs is 1. The van der Waals surface area contributed by atoms with Crippen molar-refractivity contribution in [2.45, 2.75) is 25.9 Å². The summed E-state index contributed by atoms with van der Waals surface area (Å²) >= 11 is 0. The van der Waals surface area contributed by atoms with Crippen LogP contribution in [0.2, 0.25) is 0 Å². The van der Waals surface area contributed by atoms with Crippen LogP contribution >= 0.6 is 0 Å². The number of nitrogens with zero attached hydrogens (tertiary/aromatic N) is 1. The van der Waals surface area contributed by atoms with Crippen molar-refractivity contribution < 1.29 is 17.2 Å². The molecule has 18 heavy (non-hydrogen) atoms. The monoisotopic (exact) mass is 269 g/mol. The molecular formula is C12H15NO4S. The smallest absolute Gasteiger partial charge is 0.289 e. The van der Waals surface area contributed by atoms with Crippen LogP contribution < -0.4 is 0 Å². The Hall–Kier alpha value is -1.24. The quantitative estimate of drug-likeness (QED) is 0.843. The predicted octanol–water partition coefficient (Wildman–Crippen LogP) is 1.63. The molecule has 0 saturated carbocycles. The molecule has 0 spiro atoms. The van der Waals surface area contributed by atoms with E-state index in [1.807, 2.05) is 24.3 Å². The van der Waals surface area contributed by atoms with E-state index >= 15 is 0 Å². The van der Waals surface area contributed by atoms with Gasteiger partial charge < -0.3 is 0 Å². The molecule has 0 saturated heterocycles. The van der Waals surface area contributed by atoms with Crippen molar-refractivity contribution in [3.63, 3.8) is 0 Å². The molecule has 1 aliphatic heterocycles. The van der Waals surface area contributed by atoms with Crippen LogP contribution in [0, 0.1) is 0 Å². The normalized spacial score (nSPS) is 16.9. The van der Waals surface area contributed by atoms with Crippen LogP contribution in [0.15, 0.2) is 29.3 Å². The second kappa shape index (κ2) is 5.17. The third-order valence-corrected chi connectivity index (χ3v) is 3.35. The van der Waals surface area contributed by atoms with E-state index in [4.69, 9.17) is 4.55 Å². The molecule has 1 heterocycles. The van der Waals surface area contributed by atoms with E-state index in [0.29, 0.717) is 13.0 Å². The van der Waals surface area contributed by atoms with Crippen molar-refractivity contribution >= 4 is 16.1 Å². The zero-order valence-corrected chi connectivity index (χ0v) is 10.9. The van der Waals surface area contributed by atoms with Gasteiger partial charge in [0.25, 0.3) is 0 Å². The molecule has 1 aliphatic rings. The Morgan fingerprint density at radius 2 is 2.17 bits per heavy atom. The molecule has 1 aromatic rings. The number of aliphatic imine (C=N–C) groups is 1. The molecule has 0 amide bonds. The van der Waals surface area contributed by atoms with E-state index in [9.17, 15) is 8.42 Å². The first kappa shape index (κ1) is 13.2. The first-order valence-corrected chi connectivity index (χ1v) is 7.09. The molecule has 1 atom stereocenters. The van der Waals surface area contributed by atoms with E-state index in [1.165, 1.54) is 5.56 Å². The molecule has 0 aliphatic carbocycles. The van der Waals surface area contributed by atoms with Crippen LogP contribution in [-0.2, 0) is 21.0 Å². The van der Waals surface area contributed by atoms with Crippen molar-refractivity contribution in [3.8, 4) is 0 Å². The standard InChI is InChI=1S/C12H15NO4S/c1-9(17-18(14,15)16)8-12-11-5-3-2-4-10(11)6-7-13-12/h2-5,9H,6-8H2,1H3,(H,14,15,16). The van der Waals surface area contributed by atoms with Gasteiger partial charge in [-0.05, 0) is 24.5 Å². The van der Waals surface area contributed by atoms with E-state index in [-0.39, 0.29) is 0 Å². The SMILES string of the molecule is CC(CC1=NCCc2ccccc21)OS(=O)(=O)O. The maximum atomic E-state index is 10.6. The van der Waals surface area contributed by atoms with Crippen LogP contribution in [-0.4, -0.2) is 31.3 Å². The molecule has 98 valence electrons. The summed E-state index contributed by atoms with van der Waals surface area (Å²) in [7, 11) is -4.41. The highest BCUT2D eigenvalue weighted by molar-refractivity contribution is 7.80. The van der Waals surface area contributed by atoms with E-state index < -0.39 is 16.5 Å². The Morgan fingerprint density at radius 3 is 2.89 bits per heavy atom. The highest BCUT2D eigenvalue weighted by Gasteiger charge is 2.19.